The van der Waals surface area contributed by atoms with Gasteiger partial charge in [0.1, 0.15) is 0 Å². The molecule has 0 spiro atoms. The number of benzene rings is 2. The van der Waals surface area contributed by atoms with Gasteiger partial charge in [-0.25, -0.2) is 9.36 Å². The predicted octanol–water partition coefficient (Wildman–Crippen LogP) is 2.75. The lowest BCUT2D eigenvalue weighted by atomic mass is 10.0. The maximum atomic E-state index is 13.7. The smallest absolute Gasteiger partial charge is 0.452 e. The van der Waals surface area contributed by atoms with Gasteiger partial charge in [-0.3, -0.25) is 4.79 Å². The van der Waals surface area contributed by atoms with E-state index < -0.39 is 23.7 Å². The summed E-state index contributed by atoms with van der Waals surface area (Å²) in [6.07, 6.45) is -3.19. The molecule has 2 heterocycles. The first-order chi connectivity index (χ1) is 15.2. The fourth-order valence-corrected chi connectivity index (χ4v) is 3.81. The quantitative estimate of drug-likeness (QED) is 0.629. The Kier molecular flexibility index (Phi) is 5.88. The number of rotatable bonds is 5. The van der Waals surface area contributed by atoms with E-state index in [1.54, 1.807) is 12.1 Å². The van der Waals surface area contributed by atoms with Crippen molar-refractivity contribution in [3.63, 3.8) is 0 Å². The first kappa shape index (κ1) is 21.8. The molecule has 1 aliphatic heterocycles. The van der Waals surface area contributed by atoms with Gasteiger partial charge >= 0.3 is 17.8 Å². The average molecular weight is 446 g/mol. The van der Waals surface area contributed by atoms with E-state index >= 15 is 0 Å². The Labute approximate surface area is 181 Å². The highest BCUT2D eigenvalue weighted by molar-refractivity contribution is 5.67. The molecule has 10 heteroatoms. The van der Waals surface area contributed by atoms with Crippen molar-refractivity contribution in [2.45, 2.75) is 31.9 Å². The number of aryl methyl sites for hydroxylation is 1. The molecular weight excluding hydrogens is 425 g/mol. The van der Waals surface area contributed by atoms with Crippen LogP contribution in [-0.4, -0.2) is 38.5 Å². The van der Waals surface area contributed by atoms with Gasteiger partial charge < -0.3 is 10.4 Å². The van der Waals surface area contributed by atoms with Gasteiger partial charge in [0, 0.05) is 6.42 Å². The fraction of sp³-hybridized carbons (Fsp3) is 0.318. The minimum absolute atomic E-state index is 0.00612. The number of halogens is 3. The molecule has 2 N–H and O–H groups in total. The molecule has 4 rings (SSSR count). The van der Waals surface area contributed by atoms with Crippen LogP contribution < -0.4 is 11.0 Å². The number of aromatic nitrogens is 3. The second-order valence-corrected chi connectivity index (χ2v) is 7.61. The highest BCUT2D eigenvalue weighted by Crippen LogP contribution is 2.29. The summed E-state index contributed by atoms with van der Waals surface area (Å²) in [4.78, 5) is 23.8. The fourth-order valence-electron chi connectivity index (χ4n) is 3.81. The summed E-state index contributed by atoms with van der Waals surface area (Å²) in [6.45, 7) is 1.57. The molecule has 1 aromatic heterocycles. The summed E-state index contributed by atoms with van der Waals surface area (Å²) in [7, 11) is 0. The van der Waals surface area contributed by atoms with E-state index in [0.717, 1.165) is 35.3 Å². The van der Waals surface area contributed by atoms with Crippen LogP contribution in [0.15, 0.2) is 47.3 Å². The number of carboxylic acid groups (broad SMARTS) is 1. The Balaban J connectivity index is 1.77. The minimum atomic E-state index is -4.85. The molecular formula is C22H21F3N4O3. The normalized spacial score (nSPS) is 14.1. The van der Waals surface area contributed by atoms with Crippen LogP contribution in [0.4, 0.5) is 13.2 Å². The van der Waals surface area contributed by atoms with Crippen LogP contribution in [0.5, 0.6) is 0 Å². The van der Waals surface area contributed by atoms with Gasteiger partial charge in [0.15, 0.2) is 0 Å². The molecule has 0 radical (unpaired) electrons. The third-order valence-corrected chi connectivity index (χ3v) is 5.43. The maximum Gasteiger partial charge on any atom is 0.452 e. The number of aliphatic carboxylic acids is 1. The molecule has 0 saturated carbocycles. The van der Waals surface area contributed by atoms with Crippen molar-refractivity contribution < 1.29 is 23.1 Å². The molecule has 2 aromatic carbocycles. The Morgan fingerprint density at radius 1 is 1.03 bits per heavy atom. The monoisotopic (exact) mass is 446 g/mol. The van der Waals surface area contributed by atoms with Crippen molar-refractivity contribution in [3.05, 3.63) is 75.5 Å². The molecule has 0 saturated heterocycles. The molecule has 0 unspecified atom stereocenters. The molecule has 168 valence electrons. The lowest BCUT2D eigenvalue weighted by Crippen LogP contribution is -2.25. The van der Waals surface area contributed by atoms with E-state index in [2.05, 4.69) is 10.4 Å². The van der Waals surface area contributed by atoms with E-state index in [0.29, 0.717) is 16.6 Å². The number of fused-ring (bicyclic) bond motifs is 1. The number of nitrogens with zero attached hydrogens (tertiary/aromatic N) is 3. The van der Waals surface area contributed by atoms with Gasteiger partial charge in [-0.05, 0) is 73.3 Å². The van der Waals surface area contributed by atoms with Crippen molar-refractivity contribution in [2.24, 2.45) is 0 Å². The number of hydrogen-bond donors (Lipinski definition) is 2. The molecule has 0 aliphatic carbocycles. The lowest BCUT2D eigenvalue weighted by Gasteiger charge is -2.08. The summed E-state index contributed by atoms with van der Waals surface area (Å²) in [5.74, 6) is -2.29. The zero-order valence-electron chi connectivity index (χ0n) is 17.0. The van der Waals surface area contributed by atoms with Crippen LogP contribution in [0, 0.1) is 0 Å². The first-order valence-electron chi connectivity index (χ1n) is 10.2. The summed E-state index contributed by atoms with van der Waals surface area (Å²) in [5.41, 5.74) is 2.07. The van der Waals surface area contributed by atoms with E-state index in [1.807, 2.05) is 6.07 Å². The van der Waals surface area contributed by atoms with Gasteiger partial charge in [0.25, 0.3) is 0 Å². The number of alkyl halides is 3. The van der Waals surface area contributed by atoms with Gasteiger partial charge in [0.2, 0.25) is 5.82 Å². The molecule has 0 bridgehead atoms. The van der Waals surface area contributed by atoms with Gasteiger partial charge in [0.05, 0.1) is 11.4 Å². The van der Waals surface area contributed by atoms with Gasteiger partial charge in [-0.2, -0.15) is 17.9 Å². The van der Waals surface area contributed by atoms with Crippen molar-refractivity contribution in [1.82, 2.24) is 19.7 Å². The standard InChI is InChI=1S/C22H21F3N4O3/c23-22(24,25)20-27-29(18-7-4-15-9-11-26-12-10-16(15)13-18)21(32)28(20)17-5-1-14(2-6-17)3-8-19(30)31/h1-2,4-7,13,26H,3,8-12H2,(H,30,31). The van der Waals surface area contributed by atoms with E-state index in [4.69, 9.17) is 5.11 Å². The Bertz CT molecular complexity index is 1200. The number of hydrogen-bond acceptors (Lipinski definition) is 4. The van der Waals surface area contributed by atoms with Crippen LogP contribution in [0.2, 0.25) is 0 Å². The van der Waals surface area contributed by atoms with Crippen molar-refractivity contribution in [1.29, 1.82) is 0 Å². The third-order valence-electron chi connectivity index (χ3n) is 5.43. The molecule has 3 aromatic rings. The van der Waals surface area contributed by atoms with Gasteiger partial charge in [-0.1, -0.05) is 18.2 Å². The first-order valence-corrected chi connectivity index (χ1v) is 10.2. The number of carboxylic acids is 1. The van der Waals surface area contributed by atoms with Crippen molar-refractivity contribution >= 4 is 5.97 Å². The second kappa shape index (κ2) is 8.62. The largest absolute Gasteiger partial charge is 0.481 e. The molecule has 7 nitrogen and oxygen atoms in total. The Morgan fingerprint density at radius 2 is 1.69 bits per heavy atom. The summed E-state index contributed by atoms with van der Waals surface area (Å²) in [5, 5.41) is 15.7. The van der Waals surface area contributed by atoms with Crippen LogP contribution in [-0.2, 0) is 30.2 Å². The Morgan fingerprint density at radius 3 is 2.34 bits per heavy atom. The lowest BCUT2D eigenvalue weighted by molar-refractivity contribution is -0.146. The number of nitrogens with one attached hydrogen (secondary N) is 1. The topological polar surface area (TPSA) is 89.2 Å². The van der Waals surface area contributed by atoms with E-state index in [1.165, 1.54) is 24.3 Å². The summed E-state index contributed by atoms with van der Waals surface area (Å²) in [6, 6.07) is 10.9. The summed E-state index contributed by atoms with van der Waals surface area (Å²) < 4.78 is 42.6. The van der Waals surface area contributed by atoms with E-state index in [9.17, 15) is 22.8 Å². The van der Waals surface area contributed by atoms with Crippen LogP contribution in [0.1, 0.15) is 28.9 Å². The predicted molar refractivity (Wildman–Crippen MR) is 110 cm³/mol. The highest BCUT2D eigenvalue weighted by Gasteiger charge is 2.39. The molecule has 0 atom stereocenters. The Hall–Kier alpha value is -3.40. The van der Waals surface area contributed by atoms with Crippen molar-refractivity contribution in [2.75, 3.05) is 13.1 Å². The zero-order chi connectivity index (χ0) is 22.9. The maximum absolute atomic E-state index is 13.7. The van der Waals surface area contributed by atoms with Crippen molar-refractivity contribution in [3.8, 4) is 11.4 Å². The molecule has 1 aliphatic rings. The molecule has 32 heavy (non-hydrogen) atoms. The SMILES string of the molecule is O=C(O)CCc1ccc(-n2c(C(F)(F)F)nn(-c3ccc4c(c3)CCNCC4)c2=O)cc1. The third kappa shape index (κ3) is 4.45. The summed E-state index contributed by atoms with van der Waals surface area (Å²) >= 11 is 0. The average Bonchev–Trinajstić information content (AvgIpc) is 2.94. The zero-order valence-corrected chi connectivity index (χ0v) is 17.0. The van der Waals surface area contributed by atoms with Crippen LogP contribution >= 0.6 is 0 Å². The van der Waals surface area contributed by atoms with E-state index in [-0.39, 0.29) is 24.2 Å². The van der Waals surface area contributed by atoms with Crippen LogP contribution in [0.3, 0.4) is 0 Å². The molecule has 0 amide bonds. The van der Waals surface area contributed by atoms with Gasteiger partial charge in [-0.15, -0.1) is 5.10 Å². The molecule has 0 fully saturated rings. The second-order valence-electron chi connectivity index (χ2n) is 7.61. The minimum Gasteiger partial charge on any atom is -0.481 e. The van der Waals surface area contributed by atoms with Crippen LogP contribution in [0.25, 0.3) is 11.4 Å². The number of carbonyl (C=O) groups is 1. The highest BCUT2D eigenvalue weighted by atomic mass is 19.4.